The SMILES string of the molecule is CCOc1ccc(NC(=O)CSc2nc(=O)n(CCN(C)C)c3c2CCC3)cc1. The summed E-state index contributed by atoms with van der Waals surface area (Å²) in [6, 6.07) is 7.28. The van der Waals surface area contributed by atoms with Crippen molar-refractivity contribution in [3.63, 3.8) is 0 Å². The van der Waals surface area contributed by atoms with Crippen molar-refractivity contribution in [3.05, 3.63) is 46.0 Å². The first-order chi connectivity index (χ1) is 14.0. The van der Waals surface area contributed by atoms with Crippen molar-refractivity contribution in [2.24, 2.45) is 0 Å². The van der Waals surface area contributed by atoms with Crippen LogP contribution in [-0.2, 0) is 24.2 Å². The fourth-order valence-electron chi connectivity index (χ4n) is 3.37. The summed E-state index contributed by atoms with van der Waals surface area (Å²) in [5.74, 6) is 0.868. The van der Waals surface area contributed by atoms with Gasteiger partial charge in [-0.2, -0.15) is 4.98 Å². The summed E-state index contributed by atoms with van der Waals surface area (Å²) in [7, 11) is 3.98. The monoisotopic (exact) mass is 416 g/mol. The molecule has 0 spiro atoms. The van der Waals surface area contributed by atoms with E-state index in [0.29, 0.717) is 18.2 Å². The molecule has 1 aromatic heterocycles. The normalized spacial score (nSPS) is 12.8. The van der Waals surface area contributed by atoms with Crippen molar-refractivity contribution >= 4 is 23.4 Å². The summed E-state index contributed by atoms with van der Waals surface area (Å²) in [5.41, 5.74) is 2.71. The molecule has 8 heteroatoms. The third-order valence-corrected chi connectivity index (χ3v) is 5.78. The lowest BCUT2D eigenvalue weighted by Gasteiger charge is -2.16. The summed E-state index contributed by atoms with van der Waals surface area (Å²) < 4.78 is 7.20. The molecular weight excluding hydrogens is 388 g/mol. The number of rotatable bonds is 9. The zero-order chi connectivity index (χ0) is 20.8. The number of hydrogen-bond acceptors (Lipinski definition) is 6. The fraction of sp³-hybridized carbons (Fsp3) is 0.476. The molecule has 29 heavy (non-hydrogen) atoms. The van der Waals surface area contributed by atoms with Crippen LogP contribution in [0.2, 0.25) is 0 Å². The van der Waals surface area contributed by atoms with Crippen LogP contribution >= 0.6 is 11.8 Å². The zero-order valence-corrected chi connectivity index (χ0v) is 18.1. The second-order valence-electron chi connectivity index (χ2n) is 7.23. The highest BCUT2D eigenvalue weighted by atomic mass is 32.2. The average Bonchev–Trinajstić information content (AvgIpc) is 3.17. The molecule has 0 atom stereocenters. The van der Waals surface area contributed by atoms with Gasteiger partial charge >= 0.3 is 5.69 Å². The Hall–Kier alpha value is -2.32. The van der Waals surface area contributed by atoms with Gasteiger partial charge in [0.05, 0.1) is 12.4 Å². The van der Waals surface area contributed by atoms with Crippen LogP contribution in [0.15, 0.2) is 34.1 Å². The summed E-state index contributed by atoms with van der Waals surface area (Å²) in [5, 5.41) is 3.58. The lowest BCUT2D eigenvalue weighted by Crippen LogP contribution is -2.31. The molecule has 0 fully saturated rings. The maximum Gasteiger partial charge on any atom is 0.348 e. The Morgan fingerprint density at radius 3 is 2.72 bits per heavy atom. The van der Waals surface area contributed by atoms with Gasteiger partial charge in [0.25, 0.3) is 0 Å². The summed E-state index contributed by atoms with van der Waals surface area (Å²) in [6.45, 7) is 3.97. The van der Waals surface area contributed by atoms with Crippen LogP contribution in [-0.4, -0.2) is 53.4 Å². The van der Waals surface area contributed by atoms with E-state index in [9.17, 15) is 9.59 Å². The Kier molecular flexibility index (Phi) is 7.33. The third kappa shape index (κ3) is 5.61. The van der Waals surface area contributed by atoms with Gasteiger partial charge in [-0.05, 0) is 64.5 Å². The second-order valence-corrected chi connectivity index (χ2v) is 8.19. The number of nitrogens with one attached hydrogen (secondary N) is 1. The Balaban J connectivity index is 1.64. The van der Waals surface area contributed by atoms with E-state index in [4.69, 9.17) is 4.74 Å². The van der Waals surface area contributed by atoms with Gasteiger partial charge in [-0.15, -0.1) is 0 Å². The predicted molar refractivity (Wildman–Crippen MR) is 116 cm³/mol. The molecule has 2 aromatic rings. The second kappa shape index (κ2) is 9.93. The topological polar surface area (TPSA) is 76.5 Å². The van der Waals surface area contributed by atoms with E-state index in [0.717, 1.165) is 48.5 Å². The Labute approximate surface area is 175 Å². The molecule has 3 rings (SSSR count). The molecule has 1 aromatic carbocycles. The van der Waals surface area contributed by atoms with E-state index in [1.807, 2.05) is 45.3 Å². The lowest BCUT2D eigenvalue weighted by molar-refractivity contribution is -0.113. The molecule has 7 nitrogen and oxygen atoms in total. The largest absolute Gasteiger partial charge is 0.494 e. The van der Waals surface area contributed by atoms with E-state index in [2.05, 4.69) is 15.2 Å². The summed E-state index contributed by atoms with van der Waals surface area (Å²) in [6.07, 6.45) is 2.83. The number of carbonyl (C=O) groups excluding carboxylic acids is 1. The van der Waals surface area contributed by atoms with E-state index >= 15 is 0 Å². The van der Waals surface area contributed by atoms with Gasteiger partial charge in [-0.25, -0.2) is 4.79 Å². The van der Waals surface area contributed by atoms with E-state index < -0.39 is 0 Å². The number of likely N-dealkylation sites (N-methyl/N-ethyl adjacent to an activating group) is 1. The highest BCUT2D eigenvalue weighted by Gasteiger charge is 2.22. The minimum absolute atomic E-state index is 0.121. The van der Waals surface area contributed by atoms with E-state index in [1.165, 1.54) is 11.8 Å². The van der Waals surface area contributed by atoms with E-state index in [-0.39, 0.29) is 17.3 Å². The number of benzene rings is 1. The smallest absolute Gasteiger partial charge is 0.348 e. The quantitative estimate of drug-likeness (QED) is 0.500. The highest BCUT2D eigenvalue weighted by molar-refractivity contribution is 8.00. The van der Waals surface area contributed by atoms with Gasteiger partial charge < -0.3 is 15.0 Å². The van der Waals surface area contributed by atoms with Crippen molar-refractivity contribution in [1.29, 1.82) is 0 Å². The molecule has 0 saturated carbocycles. The van der Waals surface area contributed by atoms with Crippen LogP contribution in [0.25, 0.3) is 0 Å². The van der Waals surface area contributed by atoms with Crippen LogP contribution in [0.5, 0.6) is 5.75 Å². The van der Waals surface area contributed by atoms with Crippen molar-refractivity contribution in [2.45, 2.75) is 37.8 Å². The van der Waals surface area contributed by atoms with Crippen LogP contribution in [0, 0.1) is 0 Å². The van der Waals surface area contributed by atoms with Crippen molar-refractivity contribution in [3.8, 4) is 5.75 Å². The van der Waals surface area contributed by atoms with Gasteiger partial charge in [0.2, 0.25) is 5.91 Å². The molecule has 0 saturated heterocycles. The summed E-state index contributed by atoms with van der Waals surface area (Å²) in [4.78, 5) is 31.2. The van der Waals surface area contributed by atoms with Gasteiger partial charge in [0.1, 0.15) is 10.8 Å². The molecule has 0 unspecified atom stereocenters. The van der Waals surface area contributed by atoms with Crippen molar-refractivity contribution in [2.75, 3.05) is 38.3 Å². The molecule has 1 amide bonds. The summed E-state index contributed by atoms with van der Waals surface area (Å²) >= 11 is 1.34. The van der Waals surface area contributed by atoms with Gasteiger partial charge in [-0.3, -0.25) is 9.36 Å². The molecular formula is C21H28N4O3S. The number of amides is 1. The number of anilines is 1. The first kappa shape index (κ1) is 21.4. The molecule has 1 aliphatic carbocycles. The number of fused-ring (bicyclic) bond motifs is 1. The van der Waals surface area contributed by atoms with Gasteiger partial charge in [0.15, 0.2) is 0 Å². The van der Waals surface area contributed by atoms with Crippen LogP contribution in [0.4, 0.5) is 5.69 Å². The lowest BCUT2D eigenvalue weighted by atomic mass is 10.2. The third-order valence-electron chi connectivity index (χ3n) is 4.76. The van der Waals surface area contributed by atoms with Crippen molar-refractivity contribution < 1.29 is 9.53 Å². The van der Waals surface area contributed by atoms with Crippen LogP contribution < -0.4 is 15.7 Å². The zero-order valence-electron chi connectivity index (χ0n) is 17.2. The number of aromatic nitrogens is 2. The fourth-order valence-corrected chi connectivity index (χ4v) is 4.25. The molecule has 0 aliphatic heterocycles. The predicted octanol–water partition coefficient (Wildman–Crippen LogP) is 2.42. The number of carbonyl (C=O) groups is 1. The molecule has 1 aliphatic rings. The first-order valence-electron chi connectivity index (χ1n) is 9.90. The number of hydrogen-bond donors (Lipinski definition) is 1. The van der Waals surface area contributed by atoms with E-state index in [1.54, 1.807) is 4.57 Å². The van der Waals surface area contributed by atoms with Crippen LogP contribution in [0.1, 0.15) is 24.6 Å². The van der Waals surface area contributed by atoms with Gasteiger partial charge in [0, 0.05) is 30.0 Å². The molecule has 1 heterocycles. The van der Waals surface area contributed by atoms with Crippen molar-refractivity contribution in [1.82, 2.24) is 14.5 Å². The molecule has 0 radical (unpaired) electrons. The minimum Gasteiger partial charge on any atom is -0.494 e. The number of thioether (sulfide) groups is 1. The maximum atomic E-state index is 12.5. The molecule has 0 bridgehead atoms. The number of nitrogens with zero attached hydrogens (tertiary/aromatic N) is 3. The Morgan fingerprint density at radius 1 is 1.28 bits per heavy atom. The Morgan fingerprint density at radius 2 is 2.03 bits per heavy atom. The number of ether oxygens (including phenoxy) is 1. The molecule has 156 valence electrons. The highest BCUT2D eigenvalue weighted by Crippen LogP contribution is 2.29. The maximum absolute atomic E-state index is 12.5. The first-order valence-corrected chi connectivity index (χ1v) is 10.9. The average molecular weight is 417 g/mol. The Bertz CT molecular complexity index is 909. The van der Waals surface area contributed by atoms with Gasteiger partial charge in [-0.1, -0.05) is 11.8 Å². The molecule has 1 N–H and O–H groups in total. The van der Waals surface area contributed by atoms with Crippen LogP contribution in [0.3, 0.4) is 0 Å². The minimum atomic E-state index is -0.220. The standard InChI is InChI=1S/C21H28N4O3S/c1-4-28-16-10-8-15(9-11-16)22-19(26)14-29-20-17-6-5-7-18(17)25(21(27)23-20)13-12-24(2)3/h8-11H,4-7,12-14H2,1-3H3,(H,22,26).